The van der Waals surface area contributed by atoms with Gasteiger partial charge in [-0.2, -0.15) is 0 Å². The molecule has 1 saturated heterocycles. The molecule has 20 heavy (non-hydrogen) atoms. The summed E-state index contributed by atoms with van der Waals surface area (Å²) in [7, 11) is 0. The average molecular weight is 284 g/mol. The molecule has 0 bridgehead atoms. The molecule has 0 N–H and O–H groups in total. The fourth-order valence-electron chi connectivity index (χ4n) is 2.33. The van der Waals surface area contributed by atoms with Crippen molar-refractivity contribution in [3.8, 4) is 0 Å². The van der Waals surface area contributed by atoms with Crippen LogP contribution in [0, 0.1) is 5.92 Å². The van der Waals surface area contributed by atoms with E-state index in [0.717, 1.165) is 0 Å². The van der Waals surface area contributed by atoms with E-state index in [1.807, 2.05) is 0 Å². The van der Waals surface area contributed by atoms with Crippen LogP contribution in [0.3, 0.4) is 0 Å². The number of carbonyl (C=O) groups is 1. The van der Waals surface area contributed by atoms with Crippen molar-refractivity contribution in [3.63, 3.8) is 0 Å². The Hall–Kier alpha value is -1.49. The zero-order valence-corrected chi connectivity index (χ0v) is 11.5. The second-order valence-electron chi connectivity index (χ2n) is 5.04. The lowest BCUT2D eigenvalue weighted by molar-refractivity contribution is -0.129. The molecule has 0 amide bonds. The fraction of sp³-hybridized carbons (Fsp3) is 0.533. The number of benzene rings is 1. The normalized spacial score (nSPS) is 26.5. The van der Waals surface area contributed by atoms with Gasteiger partial charge in [0.05, 0.1) is 12.2 Å². The summed E-state index contributed by atoms with van der Waals surface area (Å²) >= 11 is 0. The maximum absolute atomic E-state index is 13.7. The first-order valence-electron chi connectivity index (χ1n) is 6.71. The summed E-state index contributed by atoms with van der Waals surface area (Å²) < 4.78 is 37.8. The molecule has 0 unspecified atom stereocenters. The first kappa shape index (κ1) is 14.9. The molecule has 5 heteroatoms. The summed E-state index contributed by atoms with van der Waals surface area (Å²) in [5, 5.41) is 0. The highest BCUT2D eigenvalue weighted by Gasteiger charge is 2.50. The van der Waals surface area contributed by atoms with Gasteiger partial charge in [-0.1, -0.05) is 32.0 Å². The molecule has 0 spiro atoms. The zero-order valence-electron chi connectivity index (χ0n) is 11.5. The molecule has 3 nitrogen and oxygen atoms in total. The van der Waals surface area contributed by atoms with Crippen molar-refractivity contribution >= 4 is 5.97 Å². The number of alkyl halides is 2. The molecular weight excluding hydrogens is 266 g/mol. The Kier molecular flexibility index (Phi) is 4.38. The molecule has 1 aliphatic rings. The molecule has 1 aliphatic heterocycles. The first-order valence-corrected chi connectivity index (χ1v) is 6.71. The molecule has 1 fully saturated rings. The van der Waals surface area contributed by atoms with Crippen molar-refractivity contribution in [1.29, 1.82) is 0 Å². The molecule has 3 atom stereocenters. The Morgan fingerprint density at radius 3 is 2.65 bits per heavy atom. The van der Waals surface area contributed by atoms with Crippen molar-refractivity contribution in [2.75, 3.05) is 6.61 Å². The third-order valence-corrected chi connectivity index (χ3v) is 3.66. The van der Waals surface area contributed by atoms with Crippen molar-refractivity contribution in [1.82, 2.24) is 0 Å². The fourth-order valence-corrected chi connectivity index (χ4v) is 2.33. The largest absolute Gasteiger partial charge is 0.456 e. The van der Waals surface area contributed by atoms with Crippen LogP contribution in [0.25, 0.3) is 0 Å². The highest BCUT2D eigenvalue weighted by atomic mass is 19.3. The molecule has 0 saturated carbocycles. The topological polar surface area (TPSA) is 35.5 Å². The quantitative estimate of drug-likeness (QED) is 0.796. The summed E-state index contributed by atoms with van der Waals surface area (Å²) in [4.78, 5) is 11.9. The third-order valence-electron chi connectivity index (χ3n) is 3.66. The van der Waals surface area contributed by atoms with Crippen molar-refractivity contribution < 1.29 is 23.0 Å². The van der Waals surface area contributed by atoms with E-state index in [4.69, 9.17) is 9.47 Å². The number of carbonyl (C=O) groups excluding carboxylic acids is 1. The Bertz CT molecular complexity index is 461. The predicted molar refractivity (Wildman–Crippen MR) is 69.8 cm³/mol. The number of halogens is 2. The number of ether oxygens (including phenoxy) is 2. The Labute approximate surface area is 116 Å². The van der Waals surface area contributed by atoms with Gasteiger partial charge in [-0.3, -0.25) is 0 Å². The standard InChI is InChI=1S/C15H18F2O3/c1-3-15(16,17)13-10(2)12(9-19-13)20-14(18)11-7-5-4-6-8-11/h4-8,10,12-13H,3,9H2,1-2H3/t10-,12+,13+/m1/s1. The maximum Gasteiger partial charge on any atom is 0.338 e. The lowest BCUT2D eigenvalue weighted by Gasteiger charge is -2.25. The van der Waals surface area contributed by atoms with Gasteiger partial charge >= 0.3 is 5.97 Å². The van der Waals surface area contributed by atoms with Crippen LogP contribution in [0.4, 0.5) is 8.78 Å². The van der Waals surface area contributed by atoms with E-state index in [9.17, 15) is 13.6 Å². The lowest BCUT2D eigenvalue weighted by atomic mass is 9.95. The minimum Gasteiger partial charge on any atom is -0.456 e. The van der Waals surface area contributed by atoms with Gasteiger partial charge in [0.1, 0.15) is 12.2 Å². The van der Waals surface area contributed by atoms with Gasteiger partial charge in [0.15, 0.2) is 0 Å². The highest BCUT2D eigenvalue weighted by molar-refractivity contribution is 5.89. The number of hydrogen-bond donors (Lipinski definition) is 0. The minimum atomic E-state index is -2.90. The maximum atomic E-state index is 13.7. The molecule has 0 radical (unpaired) electrons. The molecule has 1 aromatic carbocycles. The number of hydrogen-bond acceptors (Lipinski definition) is 3. The van der Waals surface area contributed by atoms with Crippen molar-refractivity contribution in [2.45, 2.75) is 38.4 Å². The van der Waals surface area contributed by atoms with Gasteiger partial charge in [-0.15, -0.1) is 0 Å². The Morgan fingerprint density at radius 2 is 2.05 bits per heavy atom. The van der Waals surface area contributed by atoms with E-state index in [2.05, 4.69) is 0 Å². The zero-order chi connectivity index (χ0) is 14.8. The number of esters is 1. The highest BCUT2D eigenvalue weighted by Crippen LogP contribution is 2.36. The summed E-state index contributed by atoms with van der Waals surface area (Å²) in [5.74, 6) is -3.93. The van der Waals surface area contributed by atoms with Gasteiger partial charge in [0, 0.05) is 12.3 Å². The van der Waals surface area contributed by atoms with Gasteiger partial charge in [0.2, 0.25) is 0 Å². The van der Waals surface area contributed by atoms with Gasteiger partial charge < -0.3 is 9.47 Å². The number of rotatable bonds is 4. The van der Waals surface area contributed by atoms with Gasteiger partial charge in [0.25, 0.3) is 5.92 Å². The van der Waals surface area contributed by atoms with E-state index in [1.165, 1.54) is 6.92 Å². The van der Waals surface area contributed by atoms with Crippen LogP contribution in [-0.4, -0.2) is 30.7 Å². The van der Waals surface area contributed by atoms with Crippen LogP contribution in [0.1, 0.15) is 30.6 Å². The molecule has 1 aromatic rings. The molecule has 0 aliphatic carbocycles. The second-order valence-corrected chi connectivity index (χ2v) is 5.04. The Balaban J connectivity index is 2.00. The summed E-state index contributed by atoms with van der Waals surface area (Å²) in [6.07, 6.45) is -2.12. The molecule has 1 heterocycles. The van der Waals surface area contributed by atoms with E-state index in [0.29, 0.717) is 5.56 Å². The van der Waals surface area contributed by atoms with Crippen LogP contribution in [0.2, 0.25) is 0 Å². The van der Waals surface area contributed by atoms with Gasteiger partial charge in [-0.25, -0.2) is 13.6 Å². The lowest BCUT2D eigenvalue weighted by Crippen LogP contribution is -2.38. The molecule has 0 aromatic heterocycles. The summed E-state index contributed by atoms with van der Waals surface area (Å²) in [6.45, 7) is 3.06. The van der Waals surface area contributed by atoms with Crippen LogP contribution in [0.15, 0.2) is 30.3 Å². The third kappa shape index (κ3) is 2.98. The van der Waals surface area contributed by atoms with Crippen LogP contribution < -0.4 is 0 Å². The average Bonchev–Trinajstić information content (AvgIpc) is 2.82. The van der Waals surface area contributed by atoms with E-state index in [1.54, 1.807) is 37.3 Å². The minimum absolute atomic E-state index is 0.0139. The summed E-state index contributed by atoms with van der Waals surface area (Å²) in [6, 6.07) is 8.48. The SMILES string of the molecule is CCC(F)(F)[C@H]1OC[C@H](OC(=O)c2ccccc2)[C@H]1C. The summed E-state index contributed by atoms with van der Waals surface area (Å²) in [5.41, 5.74) is 0.408. The second kappa shape index (κ2) is 5.87. The van der Waals surface area contributed by atoms with E-state index in [-0.39, 0.29) is 13.0 Å². The van der Waals surface area contributed by atoms with Crippen LogP contribution >= 0.6 is 0 Å². The van der Waals surface area contributed by atoms with Crippen molar-refractivity contribution in [2.24, 2.45) is 5.92 Å². The van der Waals surface area contributed by atoms with E-state index < -0.39 is 30.0 Å². The molecule has 2 rings (SSSR count). The van der Waals surface area contributed by atoms with E-state index >= 15 is 0 Å². The van der Waals surface area contributed by atoms with Crippen LogP contribution in [-0.2, 0) is 9.47 Å². The van der Waals surface area contributed by atoms with Crippen molar-refractivity contribution in [3.05, 3.63) is 35.9 Å². The van der Waals surface area contributed by atoms with Crippen LogP contribution in [0.5, 0.6) is 0 Å². The smallest absolute Gasteiger partial charge is 0.338 e. The van der Waals surface area contributed by atoms with Gasteiger partial charge in [-0.05, 0) is 12.1 Å². The first-order chi connectivity index (χ1) is 9.45. The molecule has 110 valence electrons. The Morgan fingerprint density at radius 1 is 1.40 bits per heavy atom. The monoisotopic (exact) mass is 284 g/mol. The molecular formula is C15H18F2O3. The predicted octanol–water partition coefficient (Wildman–Crippen LogP) is 3.29.